The van der Waals surface area contributed by atoms with E-state index in [9.17, 15) is 4.79 Å². The summed E-state index contributed by atoms with van der Waals surface area (Å²) in [5.41, 5.74) is 0.965. The fourth-order valence-electron chi connectivity index (χ4n) is 1.80. The van der Waals surface area contributed by atoms with Crippen molar-refractivity contribution in [3.05, 3.63) is 11.6 Å². The van der Waals surface area contributed by atoms with Crippen molar-refractivity contribution >= 4 is 5.91 Å². The van der Waals surface area contributed by atoms with Gasteiger partial charge in [0.05, 0.1) is 12.6 Å². The van der Waals surface area contributed by atoms with Crippen molar-refractivity contribution in [1.29, 1.82) is 0 Å². The Morgan fingerprint density at radius 3 is 3.15 bits per heavy atom. The molecule has 0 bridgehead atoms. The van der Waals surface area contributed by atoms with Crippen LogP contribution in [0.15, 0.2) is 11.6 Å². The lowest BCUT2D eigenvalue weighted by Gasteiger charge is -2.10. The molecule has 0 aromatic heterocycles. The molecule has 1 aliphatic heterocycles. The molecule has 1 aliphatic carbocycles. The molecule has 1 atom stereocenters. The van der Waals surface area contributed by atoms with Gasteiger partial charge in [0.15, 0.2) is 0 Å². The van der Waals surface area contributed by atoms with Gasteiger partial charge in [-0.2, -0.15) is 0 Å². The summed E-state index contributed by atoms with van der Waals surface area (Å²) in [7, 11) is 0. The molecule has 0 aromatic carbocycles. The number of hydrogen-bond donors (Lipinski definition) is 1. The van der Waals surface area contributed by atoms with Crippen LogP contribution in [0.25, 0.3) is 0 Å². The van der Waals surface area contributed by atoms with E-state index < -0.39 is 0 Å². The lowest BCUT2D eigenvalue weighted by molar-refractivity contribution is -0.118. The molecule has 1 unspecified atom stereocenters. The SMILES string of the molecule is O=C(NC1CCOC1)C1=CCCC1. The minimum atomic E-state index is 0.119. The number of allylic oxidation sites excluding steroid dienone is 1. The maximum atomic E-state index is 11.6. The maximum absolute atomic E-state index is 11.6. The summed E-state index contributed by atoms with van der Waals surface area (Å²) < 4.78 is 5.19. The van der Waals surface area contributed by atoms with Crippen LogP contribution in [-0.2, 0) is 9.53 Å². The van der Waals surface area contributed by atoms with Crippen LogP contribution in [0.3, 0.4) is 0 Å². The Balaban J connectivity index is 1.83. The zero-order valence-corrected chi connectivity index (χ0v) is 7.71. The van der Waals surface area contributed by atoms with Crippen molar-refractivity contribution in [3.63, 3.8) is 0 Å². The number of amides is 1. The van der Waals surface area contributed by atoms with Crippen molar-refractivity contribution in [2.45, 2.75) is 31.7 Å². The quantitative estimate of drug-likeness (QED) is 0.690. The zero-order valence-electron chi connectivity index (χ0n) is 7.71. The van der Waals surface area contributed by atoms with Gasteiger partial charge < -0.3 is 10.1 Å². The first-order valence-corrected chi connectivity index (χ1v) is 4.94. The highest BCUT2D eigenvalue weighted by atomic mass is 16.5. The molecule has 1 amide bonds. The third-order valence-electron chi connectivity index (χ3n) is 2.60. The molecule has 0 radical (unpaired) electrons. The molecule has 1 saturated heterocycles. The van der Waals surface area contributed by atoms with Gasteiger partial charge >= 0.3 is 0 Å². The summed E-state index contributed by atoms with van der Waals surface area (Å²) in [4.78, 5) is 11.6. The highest BCUT2D eigenvalue weighted by Gasteiger charge is 2.20. The van der Waals surface area contributed by atoms with Gasteiger partial charge in [-0.25, -0.2) is 0 Å². The number of nitrogens with one attached hydrogen (secondary N) is 1. The van der Waals surface area contributed by atoms with E-state index in [1.807, 2.05) is 6.08 Å². The van der Waals surface area contributed by atoms with Crippen LogP contribution >= 0.6 is 0 Å². The Morgan fingerprint density at radius 1 is 1.62 bits per heavy atom. The summed E-state index contributed by atoms with van der Waals surface area (Å²) in [6, 6.07) is 0.244. The van der Waals surface area contributed by atoms with Crippen LogP contribution < -0.4 is 5.32 Å². The number of hydrogen-bond acceptors (Lipinski definition) is 2. The standard InChI is InChI=1S/C10H15NO2/c12-10(8-3-1-2-4-8)11-9-5-6-13-7-9/h3,9H,1-2,4-7H2,(H,11,12). The minimum absolute atomic E-state index is 0.119. The van der Waals surface area contributed by atoms with Gasteiger partial charge in [0, 0.05) is 12.2 Å². The van der Waals surface area contributed by atoms with E-state index in [-0.39, 0.29) is 11.9 Å². The smallest absolute Gasteiger partial charge is 0.247 e. The normalized spacial score (nSPS) is 27.4. The fourth-order valence-corrected chi connectivity index (χ4v) is 1.80. The van der Waals surface area contributed by atoms with Crippen molar-refractivity contribution in [3.8, 4) is 0 Å². The Hall–Kier alpha value is -0.830. The summed E-state index contributed by atoms with van der Waals surface area (Å²) in [6.07, 6.45) is 6.14. The lowest BCUT2D eigenvalue weighted by atomic mass is 10.2. The van der Waals surface area contributed by atoms with Gasteiger partial charge in [-0.15, -0.1) is 0 Å². The summed E-state index contributed by atoms with van der Waals surface area (Å²) in [6.45, 7) is 1.46. The predicted molar refractivity (Wildman–Crippen MR) is 49.3 cm³/mol. The summed E-state index contributed by atoms with van der Waals surface area (Å²) >= 11 is 0. The molecule has 0 saturated carbocycles. The zero-order chi connectivity index (χ0) is 9.10. The van der Waals surface area contributed by atoms with Crippen LogP contribution in [0, 0.1) is 0 Å². The monoisotopic (exact) mass is 181 g/mol. The third kappa shape index (κ3) is 2.10. The molecule has 2 aliphatic rings. The number of ether oxygens (including phenoxy) is 1. The Bertz CT molecular complexity index is 229. The van der Waals surface area contributed by atoms with Crippen molar-refractivity contribution in [2.24, 2.45) is 0 Å². The average molecular weight is 181 g/mol. The highest BCUT2D eigenvalue weighted by Crippen LogP contribution is 2.18. The summed E-state index contributed by atoms with van der Waals surface area (Å²) in [5, 5.41) is 2.99. The van der Waals surface area contributed by atoms with E-state index in [1.165, 1.54) is 0 Å². The maximum Gasteiger partial charge on any atom is 0.247 e. The van der Waals surface area contributed by atoms with E-state index in [2.05, 4.69) is 5.32 Å². The van der Waals surface area contributed by atoms with E-state index in [0.717, 1.165) is 37.9 Å². The molecule has 2 rings (SSSR count). The molecule has 0 spiro atoms. The lowest BCUT2D eigenvalue weighted by Crippen LogP contribution is -2.35. The Morgan fingerprint density at radius 2 is 2.54 bits per heavy atom. The van der Waals surface area contributed by atoms with Gasteiger partial charge in [0.1, 0.15) is 0 Å². The second-order valence-electron chi connectivity index (χ2n) is 3.66. The van der Waals surface area contributed by atoms with E-state index in [0.29, 0.717) is 6.61 Å². The highest BCUT2D eigenvalue weighted by molar-refractivity contribution is 5.93. The predicted octanol–water partition coefficient (Wildman–Crippen LogP) is 1.00. The van der Waals surface area contributed by atoms with Crippen LogP contribution in [0.5, 0.6) is 0 Å². The molecule has 3 heteroatoms. The number of carbonyl (C=O) groups is 1. The topological polar surface area (TPSA) is 38.3 Å². The van der Waals surface area contributed by atoms with E-state index in [1.54, 1.807) is 0 Å². The van der Waals surface area contributed by atoms with E-state index in [4.69, 9.17) is 4.74 Å². The van der Waals surface area contributed by atoms with Crippen molar-refractivity contribution < 1.29 is 9.53 Å². The van der Waals surface area contributed by atoms with Gasteiger partial charge in [0.2, 0.25) is 5.91 Å². The molecular weight excluding hydrogens is 166 g/mol. The molecule has 1 N–H and O–H groups in total. The molecule has 0 aromatic rings. The van der Waals surface area contributed by atoms with Crippen molar-refractivity contribution in [2.75, 3.05) is 13.2 Å². The first-order chi connectivity index (χ1) is 6.36. The Kier molecular flexibility index (Phi) is 2.64. The van der Waals surface area contributed by atoms with E-state index >= 15 is 0 Å². The molecule has 1 heterocycles. The van der Waals surface area contributed by atoms with Crippen molar-refractivity contribution in [1.82, 2.24) is 5.32 Å². The fraction of sp³-hybridized carbons (Fsp3) is 0.700. The Labute approximate surface area is 78.1 Å². The average Bonchev–Trinajstić information content (AvgIpc) is 2.74. The second-order valence-corrected chi connectivity index (χ2v) is 3.66. The van der Waals surface area contributed by atoms with Crippen LogP contribution in [0.2, 0.25) is 0 Å². The second kappa shape index (κ2) is 3.92. The van der Waals surface area contributed by atoms with Crippen LogP contribution in [0.4, 0.5) is 0 Å². The molecule has 3 nitrogen and oxygen atoms in total. The summed E-state index contributed by atoms with van der Waals surface area (Å²) in [5.74, 6) is 0.119. The first-order valence-electron chi connectivity index (χ1n) is 4.94. The molecule has 72 valence electrons. The largest absolute Gasteiger partial charge is 0.379 e. The minimum Gasteiger partial charge on any atom is -0.379 e. The van der Waals surface area contributed by atoms with Gasteiger partial charge in [0.25, 0.3) is 0 Å². The molecule has 13 heavy (non-hydrogen) atoms. The van der Waals surface area contributed by atoms with Gasteiger partial charge in [-0.05, 0) is 25.7 Å². The van der Waals surface area contributed by atoms with Crippen LogP contribution in [0.1, 0.15) is 25.7 Å². The number of carbonyl (C=O) groups excluding carboxylic acids is 1. The molecular formula is C10H15NO2. The number of rotatable bonds is 2. The first kappa shape index (κ1) is 8.75. The third-order valence-corrected chi connectivity index (χ3v) is 2.60. The van der Waals surface area contributed by atoms with Crippen LogP contribution in [-0.4, -0.2) is 25.2 Å². The van der Waals surface area contributed by atoms with Gasteiger partial charge in [-0.3, -0.25) is 4.79 Å². The van der Waals surface area contributed by atoms with Gasteiger partial charge in [-0.1, -0.05) is 6.08 Å². The molecule has 1 fully saturated rings.